The van der Waals surface area contributed by atoms with Crippen molar-refractivity contribution in [2.75, 3.05) is 11.1 Å². The molecular weight excluding hydrogens is 416 g/mol. The maximum absolute atomic E-state index is 14.2. The number of aliphatic hydroxyl groups excluding tert-OH is 1. The van der Waals surface area contributed by atoms with Crippen LogP contribution in [-0.4, -0.2) is 33.1 Å². The summed E-state index contributed by atoms with van der Waals surface area (Å²) in [6, 6.07) is 7.67. The number of hydrogen-bond acceptors (Lipinski definition) is 6. The molecule has 1 aromatic carbocycles. The Labute approximate surface area is 183 Å². The minimum atomic E-state index is -0.793. The van der Waals surface area contributed by atoms with E-state index in [1.54, 1.807) is 12.3 Å². The van der Waals surface area contributed by atoms with Gasteiger partial charge in [0.15, 0.2) is 5.69 Å². The molecule has 3 aromatic rings. The summed E-state index contributed by atoms with van der Waals surface area (Å²) in [6.07, 6.45) is 4.43. The third kappa shape index (κ3) is 4.30. The van der Waals surface area contributed by atoms with Crippen LogP contribution in [0.5, 0.6) is 0 Å². The van der Waals surface area contributed by atoms with Crippen LogP contribution < -0.4 is 16.8 Å². The fourth-order valence-corrected chi connectivity index (χ4v) is 4.05. The Morgan fingerprint density at radius 3 is 2.59 bits per heavy atom. The number of anilines is 2. The van der Waals surface area contributed by atoms with Gasteiger partial charge in [0, 0.05) is 12.2 Å². The van der Waals surface area contributed by atoms with Gasteiger partial charge in [-0.05, 0) is 61.1 Å². The van der Waals surface area contributed by atoms with Crippen molar-refractivity contribution in [3.05, 3.63) is 71.7 Å². The second kappa shape index (κ2) is 8.97. The number of halogens is 2. The van der Waals surface area contributed by atoms with E-state index in [2.05, 4.69) is 15.3 Å². The summed E-state index contributed by atoms with van der Waals surface area (Å²) < 4.78 is 28.4. The van der Waals surface area contributed by atoms with Crippen LogP contribution in [0.4, 0.5) is 20.2 Å². The van der Waals surface area contributed by atoms with E-state index >= 15 is 0 Å². The van der Waals surface area contributed by atoms with E-state index in [1.165, 1.54) is 24.4 Å². The molecular formula is C23H23F2N5O2. The summed E-state index contributed by atoms with van der Waals surface area (Å²) in [6.45, 7) is 0. The zero-order valence-electron chi connectivity index (χ0n) is 17.1. The van der Waals surface area contributed by atoms with Crippen LogP contribution in [0.15, 0.2) is 48.8 Å². The van der Waals surface area contributed by atoms with Crippen molar-refractivity contribution in [1.82, 2.24) is 9.97 Å². The number of carbonyl (C=O) groups is 1. The Balaban J connectivity index is 1.63. The average Bonchev–Trinajstić information content (AvgIpc) is 2.77. The third-order valence-electron chi connectivity index (χ3n) is 5.77. The summed E-state index contributed by atoms with van der Waals surface area (Å²) >= 11 is 0. The lowest BCUT2D eigenvalue weighted by Gasteiger charge is -2.32. The number of nitrogens with two attached hydrogens (primary N) is 2. The fraction of sp³-hybridized carbons (Fsp3) is 0.261. The average molecular weight is 439 g/mol. The fourth-order valence-electron chi connectivity index (χ4n) is 4.05. The van der Waals surface area contributed by atoms with Gasteiger partial charge < -0.3 is 21.9 Å². The molecule has 166 valence electrons. The monoisotopic (exact) mass is 439 g/mol. The lowest BCUT2D eigenvalue weighted by Crippen LogP contribution is -2.39. The molecule has 0 spiro atoms. The molecule has 0 radical (unpaired) electrons. The summed E-state index contributed by atoms with van der Waals surface area (Å²) in [5.41, 5.74) is 12.8. The van der Waals surface area contributed by atoms with Gasteiger partial charge in [0.1, 0.15) is 11.6 Å². The number of benzene rings is 1. The van der Waals surface area contributed by atoms with Crippen molar-refractivity contribution >= 4 is 17.3 Å². The highest BCUT2D eigenvalue weighted by atomic mass is 19.1. The molecule has 2 heterocycles. The van der Waals surface area contributed by atoms with Gasteiger partial charge in [0.05, 0.1) is 34.9 Å². The highest BCUT2D eigenvalue weighted by Crippen LogP contribution is 2.36. The first-order valence-electron chi connectivity index (χ1n) is 10.2. The Hall–Kier alpha value is -3.43. The van der Waals surface area contributed by atoms with Crippen molar-refractivity contribution in [3.8, 4) is 11.3 Å². The molecule has 9 heteroatoms. The Bertz CT molecular complexity index is 1140. The summed E-state index contributed by atoms with van der Waals surface area (Å²) in [7, 11) is 0. The standard InChI is InChI=1S/C23H23F2N5O2/c24-14-2-1-3-15(25)21(14)18-6-5-16(26)22(29-18)23(32)30-19-11-28-9-8-13(19)12-4-7-20(31)17(27)10-12/h1-3,5-6,8-9,11-12,17,20,31H,4,7,10,26-27H2,(H,30,32)/t12-,17-,20+/m1/s1. The lowest BCUT2D eigenvalue weighted by molar-refractivity contribution is 0.0998. The Morgan fingerprint density at radius 1 is 1.12 bits per heavy atom. The topological polar surface area (TPSA) is 127 Å². The van der Waals surface area contributed by atoms with E-state index in [4.69, 9.17) is 11.5 Å². The molecule has 7 nitrogen and oxygen atoms in total. The van der Waals surface area contributed by atoms with Crippen LogP contribution >= 0.6 is 0 Å². The van der Waals surface area contributed by atoms with E-state index in [9.17, 15) is 18.7 Å². The van der Waals surface area contributed by atoms with Gasteiger partial charge in [-0.25, -0.2) is 13.8 Å². The number of hydrogen-bond donors (Lipinski definition) is 4. The number of carbonyl (C=O) groups excluding carboxylic acids is 1. The molecule has 1 fully saturated rings. The second-order valence-electron chi connectivity index (χ2n) is 7.89. The molecule has 1 amide bonds. The molecule has 1 aliphatic rings. The molecule has 4 rings (SSSR count). The zero-order chi connectivity index (χ0) is 22.8. The summed E-state index contributed by atoms with van der Waals surface area (Å²) in [5.74, 6) is -2.18. The highest BCUT2D eigenvalue weighted by molar-refractivity contribution is 6.06. The van der Waals surface area contributed by atoms with Crippen molar-refractivity contribution in [2.45, 2.75) is 37.3 Å². The Morgan fingerprint density at radius 2 is 1.88 bits per heavy atom. The van der Waals surface area contributed by atoms with E-state index in [0.717, 1.165) is 17.7 Å². The molecule has 32 heavy (non-hydrogen) atoms. The van der Waals surface area contributed by atoms with E-state index in [0.29, 0.717) is 24.9 Å². The first kappa shape index (κ1) is 21.8. The largest absolute Gasteiger partial charge is 0.397 e. The number of aromatic nitrogens is 2. The number of aliphatic hydroxyl groups is 1. The predicted octanol–water partition coefficient (Wildman–Crippen LogP) is 3.21. The van der Waals surface area contributed by atoms with E-state index in [-0.39, 0.29) is 34.6 Å². The molecule has 0 aliphatic heterocycles. The molecule has 1 aliphatic carbocycles. The minimum Gasteiger partial charge on any atom is -0.397 e. The maximum atomic E-state index is 14.2. The van der Waals surface area contributed by atoms with Gasteiger partial charge in [-0.2, -0.15) is 0 Å². The van der Waals surface area contributed by atoms with Crippen molar-refractivity contribution in [2.24, 2.45) is 5.73 Å². The summed E-state index contributed by atoms with van der Waals surface area (Å²) in [4.78, 5) is 21.2. The van der Waals surface area contributed by atoms with Crippen LogP contribution in [0.3, 0.4) is 0 Å². The number of pyridine rings is 2. The maximum Gasteiger partial charge on any atom is 0.276 e. The van der Waals surface area contributed by atoms with Crippen LogP contribution in [0, 0.1) is 11.6 Å². The number of nitrogens with zero attached hydrogens (tertiary/aromatic N) is 2. The van der Waals surface area contributed by atoms with Gasteiger partial charge in [-0.15, -0.1) is 0 Å². The number of amides is 1. The molecule has 0 unspecified atom stereocenters. The lowest BCUT2D eigenvalue weighted by atomic mass is 9.80. The smallest absolute Gasteiger partial charge is 0.276 e. The molecule has 3 atom stereocenters. The second-order valence-corrected chi connectivity index (χ2v) is 7.89. The zero-order valence-corrected chi connectivity index (χ0v) is 17.1. The molecule has 0 saturated heterocycles. The highest BCUT2D eigenvalue weighted by Gasteiger charge is 2.29. The van der Waals surface area contributed by atoms with Gasteiger partial charge in [-0.1, -0.05) is 6.07 Å². The number of nitrogen functional groups attached to an aromatic ring is 1. The van der Waals surface area contributed by atoms with Gasteiger partial charge in [0.25, 0.3) is 5.91 Å². The number of rotatable bonds is 4. The van der Waals surface area contributed by atoms with E-state index < -0.39 is 23.6 Å². The molecule has 6 N–H and O–H groups in total. The molecule has 1 saturated carbocycles. The van der Waals surface area contributed by atoms with Gasteiger partial charge >= 0.3 is 0 Å². The minimum absolute atomic E-state index is 0.0378. The SMILES string of the molecule is Nc1ccc(-c2c(F)cccc2F)nc1C(=O)Nc1cnccc1[C@@H]1CC[C@H](O)[C@H](N)C1. The molecule has 2 aromatic heterocycles. The number of nitrogens with one attached hydrogen (secondary N) is 1. The van der Waals surface area contributed by atoms with E-state index in [1.807, 2.05) is 0 Å². The van der Waals surface area contributed by atoms with Crippen LogP contribution in [0.25, 0.3) is 11.3 Å². The third-order valence-corrected chi connectivity index (χ3v) is 5.77. The van der Waals surface area contributed by atoms with Gasteiger partial charge in [0.2, 0.25) is 0 Å². The summed E-state index contributed by atoms with van der Waals surface area (Å²) in [5, 5.41) is 12.7. The van der Waals surface area contributed by atoms with Gasteiger partial charge in [-0.3, -0.25) is 9.78 Å². The van der Waals surface area contributed by atoms with Crippen molar-refractivity contribution < 1.29 is 18.7 Å². The van der Waals surface area contributed by atoms with Crippen LogP contribution in [-0.2, 0) is 0 Å². The quantitative estimate of drug-likeness (QED) is 0.494. The molecule has 0 bridgehead atoms. The van der Waals surface area contributed by atoms with Crippen LogP contribution in [0.2, 0.25) is 0 Å². The van der Waals surface area contributed by atoms with Crippen molar-refractivity contribution in [1.29, 1.82) is 0 Å². The first-order chi connectivity index (χ1) is 15.3. The van der Waals surface area contributed by atoms with Crippen LogP contribution in [0.1, 0.15) is 41.2 Å². The Kier molecular flexibility index (Phi) is 6.11. The van der Waals surface area contributed by atoms with Crippen molar-refractivity contribution in [3.63, 3.8) is 0 Å². The first-order valence-corrected chi connectivity index (χ1v) is 10.2. The predicted molar refractivity (Wildman–Crippen MR) is 117 cm³/mol. The normalized spacial score (nSPS) is 20.7.